The lowest BCUT2D eigenvalue weighted by atomic mass is 9.97. The van der Waals surface area contributed by atoms with E-state index in [-0.39, 0.29) is 0 Å². The molecule has 0 radical (unpaired) electrons. The van der Waals surface area contributed by atoms with E-state index in [1.54, 1.807) is 0 Å². The fraction of sp³-hybridized carbons (Fsp3) is 1.00. The van der Waals surface area contributed by atoms with Crippen LogP contribution in [0.1, 0.15) is 71.6 Å². The van der Waals surface area contributed by atoms with Crippen molar-refractivity contribution in [2.75, 3.05) is 0 Å². The highest BCUT2D eigenvalue weighted by molar-refractivity contribution is 4.70. The van der Waals surface area contributed by atoms with E-state index in [0.29, 0.717) is 6.04 Å². The fourth-order valence-electron chi connectivity index (χ4n) is 2.45. The normalized spacial score (nSPS) is 22.5. The van der Waals surface area contributed by atoms with Gasteiger partial charge in [0, 0.05) is 12.1 Å². The van der Waals surface area contributed by atoms with Crippen LogP contribution in [0.2, 0.25) is 0 Å². The maximum absolute atomic E-state index is 3.70. The Labute approximate surface area is 89.7 Å². The molecule has 0 saturated heterocycles. The summed E-state index contributed by atoms with van der Waals surface area (Å²) in [6.07, 6.45) is 13.0. The molecule has 1 nitrogen and oxygen atoms in total. The van der Waals surface area contributed by atoms with Crippen LogP contribution in [0.5, 0.6) is 0 Å². The van der Waals surface area contributed by atoms with Crippen molar-refractivity contribution >= 4 is 0 Å². The van der Waals surface area contributed by atoms with Gasteiger partial charge in [-0.25, -0.2) is 0 Å². The van der Waals surface area contributed by atoms with E-state index in [1.807, 2.05) is 0 Å². The van der Waals surface area contributed by atoms with Gasteiger partial charge in [-0.2, -0.15) is 0 Å². The Balaban J connectivity index is 2.23. The minimum absolute atomic E-state index is 0.656. The molecule has 0 atom stereocenters. The van der Waals surface area contributed by atoms with Crippen LogP contribution in [0.15, 0.2) is 0 Å². The monoisotopic (exact) mass is 197 g/mol. The highest BCUT2D eigenvalue weighted by Gasteiger charge is 2.10. The SMILES string of the molecule is CC(C)NC1CCCCCCCCC1. The predicted molar refractivity (Wildman–Crippen MR) is 63.6 cm³/mol. The second-order valence-electron chi connectivity index (χ2n) is 5.07. The van der Waals surface area contributed by atoms with Gasteiger partial charge in [0.15, 0.2) is 0 Å². The smallest absolute Gasteiger partial charge is 0.00694 e. The number of nitrogens with one attached hydrogen (secondary N) is 1. The second-order valence-corrected chi connectivity index (χ2v) is 5.07. The summed E-state index contributed by atoms with van der Waals surface area (Å²) in [6, 6.07) is 1.45. The largest absolute Gasteiger partial charge is 0.312 e. The first-order valence-electron chi connectivity index (χ1n) is 6.55. The Bertz CT molecular complexity index is 121. The summed E-state index contributed by atoms with van der Waals surface area (Å²) in [5, 5.41) is 3.70. The summed E-state index contributed by atoms with van der Waals surface area (Å²) >= 11 is 0. The maximum atomic E-state index is 3.70. The fourth-order valence-corrected chi connectivity index (χ4v) is 2.45. The summed E-state index contributed by atoms with van der Waals surface area (Å²) in [4.78, 5) is 0. The summed E-state index contributed by atoms with van der Waals surface area (Å²) in [6.45, 7) is 4.53. The zero-order valence-corrected chi connectivity index (χ0v) is 10.0. The maximum Gasteiger partial charge on any atom is 0.00694 e. The van der Waals surface area contributed by atoms with Gasteiger partial charge >= 0.3 is 0 Å². The van der Waals surface area contributed by atoms with Gasteiger partial charge in [0.1, 0.15) is 0 Å². The Morgan fingerprint density at radius 2 is 1.21 bits per heavy atom. The molecule has 0 aromatic rings. The van der Waals surface area contributed by atoms with Crippen LogP contribution >= 0.6 is 0 Å². The molecule has 0 bridgehead atoms. The van der Waals surface area contributed by atoms with Gasteiger partial charge in [-0.15, -0.1) is 0 Å². The van der Waals surface area contributed by atoms with E-state index in [9.17, 15) is 0 Å². The molecule has 14 heavy (non-hydrogen) atoms. The standard InChI is InChI=1S/C13H27N/c1-12(2)14-13-10-8-6-4-3-5-7-9-11-13/h12-14H,3-11H2,1-2H3. The first-order valence-corrected chi connectivity index (χ1v) is 6.55. The molecule has 0 spiro atoms. The first-order chi connectivity index (χ1) is 6.79. The van der Waals surface area contributed by atoms with Crippen molar-refractivity contribution in [1.29, 1.82) is 0 Å². The van der Waals surface area contributed by atoms with Gasteiger partial charge in [-0.05, 0) is 12.8 Å². The highest BCUT2D eigenvalue weighted by Crippen LogP contribution is 2.17. The van der Waals surface area contributed by atoms with Crippen molar-refractivity contribution in [3.05, 3.63) is 0 Å². The van der Waals surface area contributed by atoms with Crippen LogP contribution in [0.25, 0.3) is 0 Å². The minimum atomic E-state index is 0.656. The third-order valence-electron chi connectivity index (χ3n) is 3.17. The lowest BCUT2D eigenvalue weighted by Gasteiger charge is -2.22. The van der Waals surface area contributed by atoms with Crippen LogP contribution in [-0.2, 0) is 0 Å². The highest BCUT2D eigenvalue weighted by atomic mass is 14.9. The summed E-state index contributed by atoms with van der Waals surface area (Å²) in [5.74, 6) is 0. The summed E-state index contributed by atoms with van der Waals surface area (Å²) in [7, 11) is 0. The lowest BCUT2D eigenvalue weighted by Crippen LogP contribution is -2.34. The van der Waals surface area contributed by atoms with Crippen molar-refractivity contribution in [2.45, 2.75) is 83.7 Å². The molecule has 0 amide bonds. The number of hydrogen-bond donors (Lipinski definition) is 1. The van der Waals surface area contributed by atoms with E-state index >= 15 is 0 Å². The number of hydrogen-bond acceptors (Lipinski definition) is 1. The van der Waals surface area contributed by atoms with Gasteiger partial charge < -0.3 is 5.32 Å². The molecule has 1 fully saturated rings. The van der Waals surface area contributed by atoms with E-state index in [2.05, 4.69) is 19.2 Å². The average molecular weight is 197 g/mol. The van der Waals surface area contributed by atoms with Gasteiger partial charge in [0.25, 0.3) is 0 Å². The van der Waals surface area contributed by atoms with Crippen LogP contribution in [0, 0.1) is 0 Å². The molecule has 1 rings (SSSR count). The first kappa shape index (κ1) is 12.0. The molecule has 0 aromatic heterocycles. The van der Waals surface area contributed by atoms with Gasteiger partial charge in [-0.3, -0.25) is 0 Å². The topological polar surface area (TPSA) is 12.0 Å². The van der Waals surface area contributed by atoms with Crippen molar-refractivity contribution in [1.82, 2.24) is 5.32 Å². The van der Waals surface area contributed by atoms with E-state index in [1.165, 1.54) is 57.8 Å². The van der Waals surface area contributed by atoms with Crippen molar-refractivity contribution < 1.29 is 0 Å². The summed E-state index contributed by atoms with van der Waals surface area (Å²) in [5.41, 5.74) is 0. The molecule has 1 aliphatic rings. The van der Waals surface area contributed by atoms with E-state index in [0.717, 1.165) is 6.04 Å². The predicted octanol–water partition coefficient (Wildman–Crippen LogP) is 3.88. The van der Waals surface area contributed by atoms with E-state index < -0.39 is 0 Å². The second kappa shape index (κ2) is 7.28. The van der Waals surface area contributed by atoms with Gasteiger partial charge in [0.05, 0.1) is 0 Å². The van der Waals surface area contributed by atoms with Crippen molar-refractivity contribution in [3.63, 3.8) is 0 Å². The Morgan fingerprint density at radius 3 is 1.64 bits per heavy atom. The molecule has 0 unspecified atom stereocenters. The van der Waals surface area contributed by atoms with Gasteiger partial charge in [0.2, 0.25) is 0 Å². The zero-order chi connectivity index (χ0) is 10.2. The molecule has 1 aliphatic carbocycles. The van der Waals surface area contributed by atoms with Crippen LogP contribution in [-0.4, -0.2) is 12.1 Å². The Morgan fingerprint density at radius 1 is 0.786 bits per heavy atom. The molecule has 0 aliphatic heterocycles. The Hall–Kier alpha value is -0.0400. The summed E-state index contributed by atoms with van der Waals surface area (Å²) < 4.78 is 0. The molecular weight excluding hydrogens is 170 g/mol. The van der Waals surface area contributed by atoms with Crippen molar-refractivity contribution in [3.8, 4) is 0 Å². The Kier molecular flexibility index (Phi) is 6.25. The molecule has 0 aromatic carbocycles. The van der Waals surface area contributed by atoms with Crippen LogP contribution < -0.4 is 5.32 Å². The lowest BCUT2D eigenvalue weighted by molar-refractivity contribution is 0.376. The quantitative estimate of drug-likeness (QED) is 0.708. The third-order valence-corrected chi connectivity index (χ3v) is 3.17. The zero-order valence-electron chi connectivity index (χ0n) is 10.0. The molecular formula is C13H27N. The minimum Gasteiger partial charge on any atom is -0.312 e. The van der Waals surface area contributed by atoms with E-state index in [4.69, 9.17) is 0 Å². The third kappa shape index (κ3) is 5.64. The molecule has 1 heteroatoms. The average Bonchev–Trinajstić information content (AvgIpc) is 2.15. The molecule has 84 valence electrons. The van der Waals surface area contributed by atoms with Crippen molar-refractivity contribution in [2.24, 2.45) is 0 Å². The van der Waals surface area contributed by atoms with Gasteiger partial charge in [-0.1, -0.05) is 58.8 Å². The number of rotatable bonds is 2. The van der Waals surface area contributed by atoms with Crippen LogP contribution in [0.4, 0.5) is 0 Å². The molecule has 1 saturated carbocycles. The van der Waals surface area contributed by atoms with Crippen LogP contribution in [0.3, 0.4) is 0 Å². The molecule has 0 heterocycles. The molecule has 1 N–H and O–H groups in total.